The maximum atomic E-state index is 5.80. The molecule has 0 aromatic heterocycles. The van der Waals surface area contributed by atoms with Gasteiger partial charge in [0.1, 0.15) is 8.24 Å². The van der Waals surface area contributed by atoms with Gasteiger partial charge in [0.05, 0.1) is 0 Å². The van der Waals surface area contributed by atoms with Gasteiger partial charge in [-0.25, -0.2) is 0 Å². The molecule has 1 unspecified atom stereocenters. The third-order valence-corrected chi connectivity index (χ3v) is 5.88. The summed E-state index contributed by atoms with van der Waals surface area (Å²) in [7, 11) is -2.66. The summed E-state index contributed by atoms with van der Waals surface area (Å²) in [4.78, 5) is 3.46. The van der Waals surface area contributed by atoms with E-state index in [1.54, 1.807) is 0 Å². The van der Waals surface area contributed by atoms with Crippen LogP contribution in [0.4, 0.5) is 0 Å². The van der Waals surface area contributed by atoms with Crippen molar-refractivity contribution in [3.05, 3.63) is 0 Å². The van der Waals surface area contributed by atoms with Gasteiger partial charge in [-0.2, -0.15) is 0 Å². The summed E-state index contributed by atoms with van der Waals surface area (Å²) >= 11 is 11.6. The Bertz CT molecular complexity index is 102. The molecule has 1 atom stereocenters. The van der Waals surface area contributed by atoms with Crippen LogP contribution in [0.15, 0.2) is 0 Å². The van der Waals surface area contributed by atoms with Crippen LogP contribution in [-0.2, 0) is 0 Å². The lowest BCUT2D eigenvalue weighted by Gasteiger charge is -2.23. The summed E-state index contributed by atoms with van der Waals surface area (Å²) in [6, 6.07) is 0. The number of hydrogen-bond donors (Lipinski definition) is 1. The zero-order valence-corrected chi connectivity index (χ0v) is 10.6. The van der Waals surface area contributed by atoms with Crippen LogP contribution >= 0.6 is 22.2 Å². The Kier molecular flexibility index (Phi) is 4.51. The zero-order chi connectivity index (χ0) is 8.36. The molecule has 0 aromatic rings. The second kappa shape index (κ2) is 4.11. The molecule has 0 amide bonds. The summed E-state index contributed by atoms with van der Waals surface area (Å²) in [5, 5.41) is 0. The first-order valence-corrected chi connectivity index (χ1v) is 11.0. The molecule has 0 bridgehead atoms. The monoisotopic (exact) mass is 215 g/mol. The van der Waals surface area contributed by atoms with Crippen LogP contribution in [0.5, 0.6) is 0 Å². The SMILES string of the molecule is CC(N[Si](C)(C)C)[SiH](Cl)Cl. The second-order valence-electron chi connectivity index (χ2n) is 3.52. The molecule has 1 nitrogen and oxygen atoms in total. The lowest BCUT2D eigenvalue weighted by molar-refractivity contribution is 0.879. The Balaban J connectivity index is 3.68. The highest BCUT2D eigenvalue weighted by Crippen LogP contribution is 2.05. The van der Waals surface area contributed by atoms with Crippen LogP contribution in [-0.4, -0.2) is 21.3 Å². The minimum Gasteiger partial charge on any atom is -0.335 e. The van der Waals surface area contributed by atoms with Gasteiger partial charge in [0.2, 0.25) is 0 Å². The Labute approximate surface area is 75.2 Å². The van der Waals surface area contributed by atoms with Gasteiger partial charge in [-0.1, -0.05) is 26.6 Å². The van der Waals surface area contributed by atoms with Gasteiger partial charge in [-0.15, -0.1) is 22.2 Å². The highest BCUT2D eigenvalue weighted by Gasteiger charge is 2.21. The normalized spacial score (nSPS) is 15.9. The van der Waals surface area contributed by atoms with E-state index in [9.17, 15) is 0 Å². The fraction of sp³-hybridized carbons (Fsp3) is 1.00. The van der Waals surface area contributed by atoms with Crippen LogP contribution in [0.2, 0.25) is 19.6 Å². The van der Waals surface area contributed by atoms with Crippen LogP contribution in [0.3, 0.4) is 0 Å². The molecule has 0 spiro atoms. The maximum Gasteiger partial charge on any atom is 0.252 e. The van der Waals surface area contributed by atoms with Gasteiger partial charge in [-0.3, -0.25) is 0 Å². The topological polar surface area (TPSA) is 12.0 Å². The highest BCUT2D eigenvalue weighted by molar-refractivity contribution is 7.34. The highest BCUT2D eigenvalue weighted by atomic mass is 35.7. The minimum absolute atomic E-state index is 0.343. The van der Waals surface area contributed by atoms with E-state index in [2.05, 4.69) is 31.5 Å². The quantitative estimate of drug-likeness (QED) is 0.562. The largest absolute Gasteiger partial charge is 0.335 e. The maximum absolute atomic E-state index is 5.80. The Morgan fingerprint density at radius 2 is 1.70 bits per heavy atom. The van der Waals surface area contributed by atoms with Crippen molar-refractivity contribution in [3.63, 3.8) is 0 Å². The first-order chi connectivity index (χ1) is 4.33. The van der Waals surface area contributed by atoms with Gasteiger partial charge in [-0.05, 0) is 0 Å². The van der Waals surface area contributed by atoms with Gasteiger partial charge in [0.25, 0.3) is 7.42 Å². The molecule has 0 saturated carbocycles. The van der Waals surface area contributed by atoms with Gasteiger partial charge >= 0.3 is 0 Å². The summed E-state index contributed by atoms with van der Waals surface area (Å²) < 4.78 is 0. The smallest absolute Gasteiger partial charge is 0.252 e. The van der Waals surface area contributed by atoms with E-state index in [1.807, 2.05) is 0 Å². The van der Waals surface area contributed by atoms with Crippen LogP contribution in [0, 0.1) is 0 Å². The van der Waals surface area contributed by atoms with Crippen molar-refractivity contribution in [2.75, 3.05) is 0 Å². The summed E-state index contributed by atoms with van der Waals surface area (Å²) in [5.41, 5.74) is 0.343. The molecular formula is C5H15Cl2NSi2. The van der Waals surface area contributed by atoms with Crippen molar-refractivity contribution >= 4 is 37.8 Å². The Morgan fingerprint density at radius 3 is 1.80 bits per heavy atom. The predicted octanol–water partition coefficient (Wildman–Crippen LogP) is 2.04. The summed E-state index contributed by atoms with van der Waals surface area (Å²) in [6.45, 7) is 8.80. The average Bonchev–Trinajstić information content (AvgIpc) is 1.60. The van der Waals surface area contributed by atoms with Crippen molar-refractivity contribution in [3.8, 4) is 0 Å². The molecule has 62 valence electrons. The molecule has 0 aliphatic heterocycles. The minimum atomic E-state index is -1.50. The third-order valence-electron chi connectivity index (χ3n) is 1.04. The van der Waals surface area contributed by atoms with Crippen LogP contribution in [0.25, 0.3) is 0 Å². The van der Waals surface area contributed by atoms with E-state index >= 15 is 0 Å². The van der Waals surface area contributed by atoms with Gasteiger partial charge in [0, 0.05) is 5.67 Å². The molecule has 10 heavy (non-hydrogen) atoms. The fourth-order valence-electron chi connectivity index (χ4n) is 0.746. The molecule has 0 rings (SSSR count). The molecular weight excluding hydrogens is 201 g/mol. The molecule has 0 saturated heterocycles. The molecule has 0 heterocycles. The van der Waals surface area contributed by atoms with E-state index in [1.165, 1.54) is 0 Å². The van der Waals surface area contributed by atoms with Crippen LogP contribution < -0.4 is 4.98 Å². The zero-order valence-electron chi connectivity index (χ0n) is 6.91. The second-order valence-corrected chi connectivity index (χ2v) is 13.5. The molecule has 1 N–H and O–H groups in total. The molecule has 0 aliphatic rings. The number of hydrogen-bond acceptors (Lipinski definition) is 1. The van der Waals surface area contributed by atoms with E-state index < -0.39 is 15.7 Å². The number of halogens is 2. The van der Waals surface area contributed by atoms with Crippen molar-refractivity contribution in [1.29, 1.82) is 0 Å². The van der Waals surface area contributed by atoms with Crippen molar-refractivity contribution in [2.24, 2.45) is 0 Å². The van der Waals surface area contributed by atoms with Crippen molar-refractivity contribution in [2.45, 2.75) is 32.2 Å². The Morgan fingerprint density at radius 1 is 1.30 bits per heavy atom. The number of nitrogens with one attached hydrogen (secondary N) is 1. The third kappa shape index (κ3) is 5.74. The first kappa shape index (κ1) is 11.0. The summed E-state index contributed by atoms with van der Waals surface area (Å²) in [5.74, 6) is 0. The lowest BCUT2D eigenvalue weighted by Crippen LogP contribution is -2.50. The van der Waals surface area contributed by atoms with Gasteiger partial charge < -0.3 is 4.98 Å². The van der Waals surface area contributed by atoms with E-state index in [0.29, 0.717) is 5.67 Å². The van der Waals surface area contributed by atoms with Crippen LogP contribution in [0.1, 0.15) is 6.92 Å². The van der Waals surface area contributed by atoms with E-state index in [4.69, 9.17) is 22.2 Å². The Hall–Kier alpha value is 0.974. The fourth-order valence-corrected chi connectivity index (χ4v) is 5.25. The average molecular weight is 216 g/mol. The number of rotatable bonds is 3. The summed E-state index contributed by atoms with van der Waals surface area (Å²) in [6.07, 6.45) is 0. The van der Waals surface area contributed by atoms with Crippen molar-refractivity contribution in [1.82, 2.24) is 4.98 Å². The molecule has 0 aliphatic carbocycles. The molecule has 0 fully saturated rings. The lowest BCUT2D eigenvalue weighted by atomic mass is 10.8. The van der Waals surface area contributed by atoms with E-state index in [0.717, 1.165) is 0 Å². The van der Waals surface area contributed by atoms with E-state index in [-0.39, 0.29) is 0 Å². The molecule has 0 radical (unpaired) electrons. The first-order valence-electron chi connectivity index (χ1n) is 3.39. The van der Waals surface area contributed by atoms with Crippen molar-refractivity contribution < 1.29 is 0 Å². The molecule has 0 aromatic carbocycles. The predicted molar refractivity (Wildman–Crippen MR) is 54.8 cm³/mol. The standard InChI is InChI=1S/C5H15Cl2NSi2/c1-5(9(6)7)8-10(2,3)4/h5,8-9H,1-4H3. The molecule has 5 heteroatoms. The van der Waals surface area contributed by atoms with Gasteiger partial charge in [0.15, 0.2) is 0 Å².